The zero-order valence-electron chi connectivity index (χ0n) is 14.0. The second-order valence-corrected chi connectivity index (χ2v) is 5.58. The van der Waals surface area contributed by atoms with Gasteiger partial charge in [0.05, 0.1) is 23.9 Å². The first-order chi connectivity index (χ1) is 12.6. The Labute approximate surface area is 147 Å². The summed E-state index contributed by atoms with van der Waals surface area (Å²) in [4.78, 5) is 4.54. The summed E-state index contributed by atoms with van der Waals surface area (Å²) in [5, 5.41) is 8.40. The van der Waals surface area contributed by atoms with Crippen LogP contribution in [0.5, 0.6) is 11.5 Å². The van der Waals surface area contributed by atoms with Crippen molar-refractivity contribution in [3.8, 4) is 22.9 Å². The number of halogens is 2. The number of fused-ring (bicyclic) bond motifs is 3. The summed E-state index contributed by atoms with van der Waals surface area (Å²) in [6.07, 6.45) is 0. The van der Waals surface area contributed by atoms with Crippen LogP contribution in [0.2, 0.25) is 0 Å². The number of aryl methyl sites for hydroxylation is 1. The number of aromatic nitrogens is 4. The van der Waals surface area contributed by atoms with Crippen molar-refractivity contribution in [2.24, 2.45) is 0 Å². The first-order valence-corrected chi connectivity index (χ1v) is 7.83. The van der Waals surface area contributed by atoms with Gasteiger partial charge in [-0.1, -0.05) is 18.2 Å². The molecule has 0 N–H and O–H groups in total. The van der Waals surface area contributed by atoms with Gasteiger partial charge in [0.15, 0.2) is 11.5 Å². The SMILES string of the molecule is COc1cccc2nc(C)c3nnc(-c4ccccc4OC(F)F)n3c12. The Balaban J connectivity index is 2.10. The van der Waals surface area contributed by atoms with E-state index in [0.29, 0.717) is 39.5 Å². The summed E-state index contributed by atoms with van der Waals surface area (Å²) >= 11 is 0. The fourth-order valence-electron chi connectivity index (χ4n) is 2.98. The van der Waals surface area contributed by atoms with Gasteiger partial charge in [0, 0.05) is 0 Å². The highest BCUT2D eigenvalue weighted by molar-refractivity contribution is 5.87. The standard InChI is InChI=1S/C18H14F2N4O2/c1-10-16-22-23-17(11-6-3-4-8-13(11)26-18(19)20)24(16)15-12(21-10)7-5-9-14(15)25-2/h3-9,18H,1-2H3. The van der Waals surface area contributed by atoms with Gasteiger partial charge in [0.2, 0.25) is 0 Å². The maximum atomic E-state index is 12.8. The van der Waals surface area contributed by atoms with Gasteiger partial charge in [-0.05, 0) is 31.2 Å². The van der Waals surface area contributed by atoms with Crippen molar-refractivity contribution in [2.75, 3.05) is 7.11 Å². The lowest BCUT2D eigenvalue weighted by atomic mass is 10.2. The van der Waals surface area contributed by atoms with Crippen LogP contribution in [0.4, 0.5) is 8.78 Å². The predicted octanol–water partition coefficient (Wildman–Crippen LogP) is 3.86. The Morgan fingerprint density at radius 2 is 1.77 bits per heavy atom. The maximum Gasteiger partial charge on any atom is 0.387 e. The van der Waals surface area contributed by atoms with Crippen molar-refractivity contribution in [2.45, 2.75) is 13.5 Å². The van der Waals surface area contributed by atoms with Crippen molar-refractivity contribution in [3.63, 3.8) is 0 Å². The number of rotatable bonds is 4. The molecule has 0 bridgehead atoms. The minimum Gasteiger partial charge on any atom is -0.494 e. The Kier molecular flexibility index (Phi) is 3.87. The van der Waals surface area contributed by atoms with Crippen LogP contribution in [0.1, 0.15) is 5.69 Å². The van der Waals surface area contributed by atoms with Gasteiger partial charge in [-0.25, -0.2) is 4.98 Å². The van der Waals surface area contributed by atoms with Gasteiger partial charge >= 0.3 is 6.61 Å². The molecule has 0 fully saturated rings. The second-order valence-electron chi connectivity index (χ2n) is 5.58. The van der Waals surface area contributed by atoms with E-state index >= 15 is 0 Å². The van der Waals surface area contributed by atoms with E-state index < -0.39 is 6.61 Å². The van der Waals surface area contributed by atoms with Crippen LogP contribution in [0, 0.1) is 6.92 Å². The van der Waals surface area contributed by atoms with E-state index in [1.165, 1.54) is 6.07 Å². The van der Waals surface area contributed by atoms with E-state index in [9.17, 15) is 8.78 Å². The van der Waals surface area contributed by atoms with E-state index in [0.717, 1.165) is 0 Å². The Morgan fingerprint density at radius 1 is 1.00 bits per heavy atom. The molecule has 0 radical (unpaired) electrons. The smallest absolute Gasteiger partial charge is 0.387 e. The highest BCUT2D eigenvalue weighted by atomic mass is 19.3. The molecule has 2 aromatic heterocycles. The molecule has 6 nitrogen and oxygen atoms in total. The van der Waals surface area contributed by atoms with Crippen LogP contribution >= 0.6 is 0 Å². The van der Waals surface area contributed by atoms with E-state index in [2.05, 4.69) is 19.9 Å². The van der Waals surface area contributed by atoms with Crippen molar-refractivity contribution >= 4 is 16.7 Å². The first kappa shape index (κ1) is 16.2. The lowest BCUT2D eigenvalue weighted by molar-refractivity contribution is -0.0494. The summed E-state index contributed by atoms with van der Waals surface area (Å²) in [5.74, 6) is 0.971. The van der Waals surface area contributed by atoms with Gasteiger partial charge < -0.3 is 9.47 Å². The minimum absolute atomic E-state index is 0.0225. The summed E-state index contributed by atoms with van der Waals surface area (Å²) in [6.45, 7) is -1.13. The van der Waals surface area contributed by atoms with Crippen LogP contribution in [-0.2, 0) is 0 Å². The van der Waals surface area contributed by atoms with E-state index in [4.69, 9.17) is 4.74 Å². The average molecular weight is 356 g/mol. The molecule has 0 unspecified atom stereocenters. The second kappa shape index (κ2) is 6.21. The number of hydrogen-bond donors (Lipinski definition) is 0. The van der Waals surface area contributed by atoms with Crippen LogP contribution in [0.15, 0.2) is 42.5 Å². The molecule has 0 aliphatic rings. The van der Waals surface area contributed by atoms with Gasteiger partial charge in [0.25, 0.3) is 0 Å². The molecule has 132 valence electrons. The monoisotopic (exact) mass is 356 g/mol. The summed E-state index contributed by atoms with van der Waals surface area (Å²) in [6, 6.07) is 11.9. The number of para-hydroxylation sites is 2. The molecule has 0 aliphatic heterocycles. The number of methoxy groups -OCH3 is 1. The highest BCUT2D eigenvalue weighted by Crippen LogP contribution is 2.34. The zero-order valence-corrected chi connectivity index (χ0v) is 14.0. The Morgan fingerprint density at radius 3 is 2.54 bits per heavy atom. The van der Waals surface area contributed by atoms with Gasteiger partial charge in [-0.3, -0.25) is 4.40 Å². The molecule has 0 saturated carbocycles. The molecule has 0 spiro atoms. The lowest BCUT2D eigenvalue weighted by Crippen LogP contribution is -2.04. The predicted molar refractivity (Wildman–Crippen MR) is 91.6 cm³/mol. The topological polar surface area (TPSA) is 61.5 Å². The third kappa shape index (κ3) is 2.50. The third-order valence-corrected chi connectivity index (χ3v) is 4.04. The summed E-state index contributed by atoms with van der Waals surface area (Å²) in [5.41, 5.74) is 2.92. The van der Waals surface area contributed by atoms with Crippen molar-refractivity contribution in [3.05, 3.63) is 48.2 Å². The normalized spacial score (nSPS) is 11.4. The molecule has 8 heteroatoms. The molecular formula is C18H14F2N4O2. The first-order valence-electron chi connectivity index (χ1n) is 7.83. The maximum absolute atomic E-state index is 12.8. The van der Waals surface area contributed by atoms with Crippen molar-refractivity contribution in [1.82, 2.24) is 19.6 Å². The van der Waals surface area contributed by atoms with Crippen LogP contribution in [-0.4, -0.2) is 33.3 Å². The molecule has 0 saturated heterocycles. The number of nitrogens with zero attached hydrogens (tertiary/aromatic N) is 4. The third-order valence-electron chi connectivity index (χ3n) is 4.04. The molecule has 0 atom stereocenters. The quantitative estimate of drug-likeness (QED) is 0.556. The Bertz CT molecular complexity index is 1110. The molecule has 0 amide bonds. The van der Waals surface area contributed by atoms with Gasteiger partial charge in [-0.15, -0.1) is 10.2 Å². The fourth-order valence-corrected chi connectivity index (χ4v) is 2.98. The van der Waals surface area contributed by atoms with Crippen LogP contribution < -0.4 is 9.47 Å². The fraction of sp³-hybridized carbons (Fsp3) is 0.167. The molecule has 4 aromatic rings. The number of alkyl halides is 2. The molecule has 2 heterocycles. The molecule has 0 aliphatic carbocycles. The van der Waals surface area contributed by atoms with Crippen LogP contribution in [0.3, 0.4) is 0 Å². The largest absolute Gasteiger partial charge is 0.494 e. The molecule has 2 aromatic carbocycles. The van der Waals surface area contributed by atoms with E-state index in [1.54, 1.807) is 35.8 Å². The Hall–Kier alpha value is -3.29. The zero-order chi connectivity index (χ0) is 18.3. The minimum atomic E-state index is -2.94. The van der Waals surface area contributed by atoms with Gasteiger partial charge in [0.1, 0.15) is 17.0 Å². The number of benzene rings is 2. The molecular weight excluding hydrogens is 342 g/mol. The summed E-state index contributed by atoms with van der Waals surface area (Å²) in [7, 11) is 1.55. The van der Waals surface area contributed by atoms with Crippen molar-refractivity contribution < 1.29 is 18.3 Å². The molecule has 4 rings (SSSR count). The van der Waals surface area contributed by atoms with Gasteiger partial charge in [-0.2, -0.15) is 8.78 Å². The lowest BCUT2D eigenvalue weighted by Gasteiger charge is -2.12. The number of hydrogen-bond acceptors (Lipinski definition) is 5. The average Bonchev–Trinajstić information content (AvgIpc) is 3.06. The van der Waals surface area contributed by atoms with Crippen molar-refractivity contribution in [1.29, 1.82) is 0 Å². The molecule has 26 heavy (non-hydrogen) atoms. The van der Waals surface area contributed by atoms with Crippen LogP contribution in [0.25, 0.3) is 28.1 Å². The highest BCUT2D eigenvalue weighted by Gasteiger charge is 2.20. The van der Waals surface area contributed by atoms with E-state index in [-0.39, 0.29) is 5.75 Å². The summed E-state index contributed by atoms with van der Waals surface area (Å²) < 4.78 is 37.5. The van der Waals surface area contributed by atoms with E-state index in [1.807, 2.05) is 19.1 Å². The number of ether oxygens (including phenoxy) is 2.